The molecular weight excluding hydrogens is 222 g/mol. The van der Waals surface area contributed by atoms with E-state index in [4.69, 9.17) is 4.74 Å². The van der Waals surface area contributed by atoms with Gasteiger partial charge in [-0.15, -0.1) is 0 Å². The van der Waals surface area contributed by atoms with Gasteiger partial charge in [0.25, 0.3) is 0 Å². The van der Waals surface area contributed by atoms with Crippen molar-refractivity contribution < 1.29 is 8.95 Å². The lowest BCUT2D eigenvalue weighted by atomic mass is 9.88. The molecule has 0 bridgehead atoms. The summed E-state index contributed by atoms with van der Waals surface area (Å²) < 4.78 is 17.0. The summed E-state index contributed by atoms with van der Waals surface area (Å²) in [5.41, 5.74) is -0.0339. The van der Waals surface area contributed by atoms with Gasteiger partial charge in [-0.1, -0.05) is 0 Å². The normalized spacial score (nSPS) is 29.6. The third-order valence-electron chi connectivity index (χ3n) is 2.88. The van der Waals surface area contributed by atoms with Crippen LogP contribution in [0, 0.1) is 0 Å². The minimum Gasteiger partial charge on any atom is -0.373 e. The third-order valence-corrected chi connectivity index (χ3v) is 4.18. The van der Waals surface area contributed by atoms with Gasteiger partial charge in [-0.2, -0.15) is 0 Å². The monoisotopic (exact) mass is 247 g/mol. The molecule has 1 rings (SSSR count). The number of hydrogen-bond donors (Lipinski definition) is 1. The van der Waals surface area contributed by atoms with Gasteiger partial charge in [-0.25, -0.2) is 0 Å². The first kappa shape index (κ1) is 14.1. The molecule has 4 heteroatoms. The molecule has 0 aromatic rings. The second-order valence-electron chi connectivity index (χ2n) is 5.74. The molecule has 0 saturated heterocycles. The molecule has 0 amide bonds. The first-order chi connectivity index (χ1) is 7.28. The molecular formula is C12H25NO2S. The molecule has 1 N–H and O–H groups in total. The Hall–Kier alpha value is 0.0700. The predicted octanol–water partition coefficient (Wildman–Crippen LogP) is 1.69. The van der Waals surface area contributed by atoms with Crippen LogP contribution in [0.4, 0.5) is 0 Å². The lowest BCUT2D eigenvalue weighted by Gasteiger charge is -2.40. The Morgan fingerprint density at radius 1 is 1.44 bits per heavy atom. The Balaban J connectivity index is 2.11. The molecule has 0 aliphatic heterocycles. The Labute approximate surface area is 102 Å². The largest absolute Gasteiger partial charge is 0.373 e. The van der Waals surface area contributed by atoms with Crippen molar-refractivity contribution in [2.24, 2.45) is 0 Å². The molecule has 96 valence electrons. The maximum atomic E-state index is 11.2. The fourth-order valence-corrected chi connectivity index (χ4v) is 2.11. The predicted molar refractivity (Wildman–Crippen MR) is 69.2 cm³/mol. The van der Waals surface area contributed by atoms with E-state index in [1.165, 1.54) is 0 Å². The average Bonchev–Trinajstić information content (AvgIpc) is 2.05. The van der Waals surface area contributed by atoms with Crippen molar-refractivity contribution in [1.82, 2.24) is 5.32 Å². The summed E-state index contributed by atoms with van der Waals surface area (Å²) in [6.45, 7) is 9.14. The Morgan fingerprint density at radius 3 is 2.44 bits per heavy atom. The highest BCUT2D eigenvalue weighted by Gasteiger charge is 2.32. The van der Waals surface area contributed by atoms with E-state index in [2.05, 4.69) is 26.1 Å². The standard InChI is InChI=1S/C12H25NO2S/c1-9(16(5)14)8-13-10-6-11(7-10)15-12(2,3)4/h9-11,13H,6-8H2,1-5H3. The molecule has 1 saturated carbocycles. The first-order valence-corrected chi connectivity index (χ1v) is 7.63. The molecule has 0 radical (unpaired) electrons. The van der Waals surface area contributed by atoms with Gasteiger partial charge in [-0.05, 0) is 40.5 Å². The molecule has 3 nitrogen and oxygen atoms in total. The van der Waals surface area contributed by atoms with Crippen LogP contribution in [0.3, 0.4) is 0 Å². The van der Waals surface area contributed by atoms with Crippen LogP contribution in [0.25, 0.3) is 0 Å². The van der Waals surface area contributed by atoms with Gasteiger partial charge < -0.3 is 10.1 Å². The molecule has 1 fully saturated rings. The van der Waals surface area contributed by atoms with Crippen molar-refractivity contribution in [2.75, 3.05) is 12.8 Å². The van der Waals surface area contributed by atoms with Crippen molar-refractivity contribution in [2.45, 2.75) is 63.5 Å². The highest BCUT2D eigenvalue weighted by Crippen LogP contribution is 2.27. The zero-order chi connectivity index (χ0) is 12.3. The van der Waals surface area contributed by atoms with Crippen LogP contribution in [0.1, 0.15) is 40.5 Å². The molecule has 2 unspecified atom stereocenters. The van der Waals surface area contributed by atoms with E-state index >= 15 is 0 Å². The molecule has 1 aliphatic carbocycles. The Kier molecular flexibility index (Phi) is 4.95. The molecule has 0 aromatic carbocycles. The molecule has 0 aromatic heterocycles. The zero-order valence-corrected chi connectivity index (χ0v) is 11.9. The van der Waals surface area contributed by atoms with Crippen molar-refractivity contribution in [1.29, 1.82) is 0 Å². The summed E-state index contributed by atoms with van der Waals surface area (Å²) in [4.78, 5) is 0. The van der Waals surface area contributed by atoms with Gasteiger partial charge in [0, 0.05) is 34.9 Å². The van der Waals surface area contributed by atoms with Gasteiger partial charge in [0.05, 0.1) is 11.7 Å². The number of nitrogens with one attached hydrogen (secondary N) is 1. The number of hydrogen-bond acceptors (Lipinski definition) is 3. The van der Waals surface area contributed by atoms with Crippen LogP contribution in [-0.4, -0.2) is 40.0 Å². The van der Waals surface area contributed by atoms with E-state index in [-0.39, 0.29) is 10.9 Å². The van der Waals surface area contributed by atoms with E-state index in [0.29, 0.717) is 12.1 Å². The van der Waals surface area contributed by atoms with E-state index in [1.54, 1.807) is 6.26 Å². The van der Waals surface area contributed by atoms with Crippen LogP contribution in [0.5, 0.6) is 0 Å². The highest BCUT2D eigenvalue weighted by molar-refractivity contribution is 7.84. The molecule has 16 heavy (non-hydrogen) atoms. The van der Waals surface area contributed by atoms with Crippen molar-refractivity contribution >= 4 is 10.8 Å². The van der Waals surface area contributed by atoms with E-state index < -0.39 is 10.8 Å². The second-order valence-corrected chi connectivity index (χ2v) is 7.54. The van der Waals surface area contributed by atoms with Crippen molar-refractivity contribution in [3.63, 3.8) is 0 Å². The first-order valence-electron chi connectivity index (χ1n) is 6.01. The fourth-order valence-electron chi connectivity index (χ4n) is 1.78. The van der Waals surface area contributed by atoms with Gasteiger partial charge in [-0.3, -0.25) is 4.21 Å². The minimum atomic E-state index is -0.723. The summed E-state index contributed by atoms with van der Waals surface area (Å²) in [5, 5.41) is 3.68. The van der Waals surface area contributed by atoms with Gasteiger partial charge in [0.15, 0.2) is 0 Å². The highest BCUT2D eigenvalue weighted by atomic mass is 32.2. The van der Waals surface area contributed by atoms with Crippen LogP contribution < -0.4 is 5.32 Å². The average molecular weight is 247 g/mol. The van der Waals surface area contributed by atoms with Crippen LogP contribution >= 0.6 is 0 Å². The lowest BCUT2D eigenvalue weighted by molar-refractivity contribution is -0.102. The fraction of sp³-hybridized carbons (Fsp3) is 1.00. The topological polar surface area (TPSA) is 38.3 Å². The van der Waals surface area contributed by atoms with Crippen molar-refractivity contribution in [3.8, 4) is 0 Å². The zero-order valence-electron chi connectivity index (χ0n) is 11.1. The summed E-state index contributed by atoms with van der Waals surface area (Å²) in [7, 11) is -0.723. The van der Waals surface area contributed by atoms with E-state index in [9.17, 15) is 4.21 Å². The lowest BCUT2D eigenvalue weighted by Crippen LogP contribution is -2.49. The van der Waals surface area contributed by atoms with Crippen molar-refractivity contribution in [3.05, 3.63) is 0 Å². The minimum absolute atomic E-state index is 0.0339. The van der Waals surface area contributed by atoms with Gasteiger partial charge in [0.1, 0.15) is 0 Å². The number of rotatable bonds is 5. The summed E-state index contributed by atoms with van der Waals surface area (Å²) in [5.74, 6) is 0. The Morgan fingerprint density at radius 2 is 2.00 bits per heavy atom. The quantitative estimate of drug-likeness (QED) is 0.803. The maximum Gasteiger partial charge on any atom is 0.0612 e. The van der Waals surface area contributed by atoms with E-state index in [0.717, 1.165) is 19.4 Å². The molecule has 0 heterocycles. The smallest absolute Gasteiger partial charge is 0.0612 e. The van der Waals surface area contributed by atoms with E-state index in [1.807, 2.05) is 6.92 Å². The summed E-state index contributed by atoms with van der Waals surface area (Å²) >= 11 is 0. The maximum absolute atomic E-state index is 11.2. The number of ether oxygens (including phenoxy) is 1. The molecule has 1 aliphatic rings. The van der Waals surface area contributed by atoms with Crippen LogP contribution in [0.15, 0.2) is 0 Å². The summed E-state index contributed by atoms with van der Waals surface area (Å²) in [6.07, 6.45) is 4.33. The Bertz CT molecular complexity index is 244. The molecule has 2 atom stereocenters. The van der Waals surface area contributed by atoms with Crippen LogP contribution in [0.2, 0.25) is 0 Å². The summed E-state index contributed by atoms with van der Waals surface area (Å²) in [6, 6.07) is 0.554. The SMILES string of the molecule is CC(CNC1CC(OC(C)(C)C)C1)S(C)=O. The molecule has 0 spiro atoms. The third kappa shape index (κ3) is 4.93. The van der Waals surface area contributed by atoms with Crippen LogP contribution in [-0.2, 0) is 15.5 Å². The van der Waals surface area contributed by atoms with Gasteiger partial charge >= 0.3 is 0 Å². The van der Waals surface area contributed by atoms with Gasteiger partial charge in [0.2, 0.25) is 0 Å². The second kappa shape index (κ2) is 5.61.